The van der Waals surface area contributed by atoms with Crippen molar-refractivity contribution in [3.05, 3.63) is 65.2 Å². The van der Waals surface area contributed by atoms with E-state index < -0.39 is 0 Å². The van der Waals surface area contributed by atoms with Crippen LogP contribution in [0.3, 0.4) is 0 Å². The second-order valence-corrected chi connectivity index (χ2v) is 4.55. The number of nitrogens with zero attached hydrogens (tertiary/aromatic N) is 1. The highest BCUT2D eigenvalue weighted by Gasteiger charge is 2.05. The van der Waals surface area contributed by atoms with E-state index in [2.05, 4.69) is 17.3 Å². The van der Waals surface area contributed by atoms with Crippen LogP contribution >= 0.6 is 0 Å². The van der Waals surface area contributed by atoms with Crippen molar-refractivity contribution < 1.29 is 9.94 Å². The lowest BCUT2D eigenvalue weighted by Gasteiger charge is -2.10. The minimum atomic E-state index is 0.0814. The van der Waals surface area contributed by atoms with E-state index in [1.807, 2.05) is 31.2 Å². The average Bonchev–Trinajstić information content (AvgIpc) is 2.49. The molecule has 2 rings (SSSR count). The van der Waals surface area contributed by atoms with Crippen molar-refractivity contribution in [2.75, 3.05) is 6.61 Å². The lowest BCUT2D eigenvalue weighted by atomic mass is 10.1. The Bertz CT molecular complexity index is 595. The summed E-state index contributed by atoms with van der Waals surface area (Å²) in [5, 5.41) is 11.7. The smallest absolute Gasteiger partial charge is 0.170 e. The molecule has 0 bridgehead atoms. The molecule has 104 valence electrons. The van der Waals surface area contributed by atoms with Crippen molar-refractivity contribution in [2.45, 2.75) is 13.3 Å². The fourth-order valence-corrected chi connectivity index (χ4v) is 1.90. The van der Waals surface area contributed by atoms with E-state index in [4.69, 9.17) is 15.7 Å². The number of aryl methyl sites for hydroxylation is 1. The van der Waals surface area contributed by atoms with Crippen LogP contribution in [0.25, 0.3) is 0 Å². The maximum Gasteiger partial charge on any atom is 0.170 e. The van der Waals surface area contributed by atoms with Crippen molar-refractivity contribution >= 4 is 5.84 Å². The molecule has 0 unspecified atom stereocenters. The van der Waals surface area contributed by atoms with E-state index in [9.17, 15) is 0 Å². The number of amidine groups is 1. The average molecular weight is 270 g/mol. The van der Waals surface area contributed by atoms with Gasteiger partial charge in [-0.05, 0) is 24.1 Å². The van der Waals surface area contributed by atoms with Gasteiger partial charge in [0.15, 0.2) is 5.84 Å². The zero-order valence-corrected chi connectivity index (χ0v) is 11.4. The maximum atomic E-state index is 8.70. The summed E-state index contributed by atoms with van der Waals surface area (Å²) in [4.78, 5) is 0. The van der Waals surface area contributed by atoms with Gasteiger partial charge in [0.05, 0.1) is 6.61 Å². The molecule has 0 heterocycles. The monoisotopic (exact) mass is 270 g/mol. The highest BCUT2D eigenvalue weighted by atomic mass is 16.5. The van der Waals surface area contributed by atoms with Crippen LogP contribution in [0.15, 0.2) is 53.7 Å². The first-order valence-electron chi connectivity index (χ1n) is 6.46. The Kier molecular flexibility index (Phi) is 4.60. The van der Waals surface area contributed by atoms with E-state index >= 15 is 0 Å². The summed E-state index contributed by atoms with van der Waals surface area (Å²) in [6, 6.07) is 15.6. The van der Waals surface area contributed by atoms with Crippen LogP contribution in [-0.4, -0.2) is 17.6 Å². The normalized spacial score (nSPS) is 11.3. The van der Waals surface area contributed by atoms with Gasteiger partial charge in [-0.25, -0.2) is 0 Å². The van der Waals surface area contributed by atoms with Gasteiger partial charge in [-0.3, -0.25) is 0 Å². The Labute approximate surface area is 118 Å². The fourth-order valence-electron chi connectivity index (χ4n) is 1.90. The number of rotatable bonds is 5. The van der Waals surface area contributed by atoms with Crippen LogP contribution in [0.1, 0.15) is 16.7 Å². The van der Waals surface area contributed by atoms with Gasteiger partial charge in [-0.1, -0.05) is 47.6 Å². The molecule has 3 N–H and O–H groups in total. The molecule has 2 aromatic rings. The van der Waals surface area contributed by atoms with Gasteiger partial charge < -0.3 is 15.7 Å². The number of hydrogen-bond donors (Lipinski definition) is 2. The topological polar surface area (TPSA) is 67.8 Å². The van der Waals surface area contributed by atoms with Gasteiger partial charge in [0.2, 0.25) is 0 Å². The summed E-state index contributed by atoms with van der Waals surface area (Å²) in [6.45, 7) is 2.55. The van der Waals surface area contributed by atoms with Gasteiger partial charge in [0.1, 0.15) is 5.75 Å². The van der Waals surface area contributed by atoms with Crippen LogP contribution in [-0.2, 0) is 6.42 Å². The molecule has 0 aliphatic carbocycles. The third kappa shape index (κ3) is 3.51. The summed E-state index contributed by atoms with van der Waals surface area (Å²) in [5.41, 5.74) is 8.48. The third-order valence-electron chi connectivity index (χ3n) is 3.08. The Morgan fingerprint density at radius 1 is 1.20 bits per heavy atom. The molecule has 0 aliphatic rings. The summed E-state index contributed by atoms with van der Waals surface area (Å²) in [6.07, 6.45) is 0.841. The van der Waals surface area contributed by atoms with Gasteiger partial charge in [0, 0.05) is 12.0 Å². The van der Waals surface area contributed by atoms with Gasteiger partial charge in [-0.2, -0.15) is 0 Å². The Morgan fingerprint density at radius 3 is 2.65 bits per heavy atom. The lowest BCUT2D eigenvalue weighted by molar-refractivity contribution is 0.317. The molecule has 2 aromatic carbocycles. The number of benzene rings is 2. The minimum absolute atomic E-state index is 0.0814. The molecule has 0 saturated carbocycles. The Hall–Kier alpha value is -2.49. The van der Waals surface area contributed by atoms with Crippen LogP contribution in [0.2, 0.25) is 0 Å². The zero-order valence-electron chi connectivity index (χ0n) is 11.4. The van der Waals surface area contributed by atoms with Gasteiger partial charge >= 0.3 is 0 Å². The summed E-state index contributed by atoms with van der Waals surface area (Å²) in [7, 11) is 0. The molecule has 0 amide bonds. The molecule has 0 fully saturated rings. The standard InChI is InChI=1S/C16H18N2O2/c1-12-7-8-14(16(17)18-19)11-15(12)20-10-9-13-5-3-2-4-6-13/h2-8,11,19H,9-10H2,1H3,(H2,17,18). The van der Waals surface area contributed by atoms with Gasteiger partial charge in [0.25, 0.3) is 0 Å². The molecule has 0 saturated heterocycles. The van der Waals surface area contributed by atoms with E-state index in [1.54, 1.807) is 12.1 Å². The van der Waals surface area contributed by atoms with Crippen molar-refractivity contribution in [1.29, 1.82) is 0 Å². The highest BCUT2D eigenvalue weighted by molar-refractivity contribution is 5.97. The molecule has 0 atom stereocenters. The Balaban J connectivity index is 2.02. The molecule has 0 radical (unpaired) electrons. The van der Waals surface area contributed by atoms with Crippen molar-refractivity contribution in [1.82, 2.24) is 0 Å². The summed E-state index contributed by atoms with van der Waals surface area (Å²) in [5.74, 6) is 0.836. The first-order valence-corrected chi connectivity index (χ1v) is 6.46. The number of nitrogens with two attached hydrogens (primary N) is 1. The third-order valence-corrected chi connectivity index (χ3v) is 3.08. The second-order valence-electron chi connectivity index (χ2n) is 4.55. The van der Waals surface area contributed by atoms with Crippen LogP contribution < -0.4 is 10.5 Å². The first-order chi connectivity index (χ1) is 9.70. The quantitative estimate of drug-likeness (QED) is 0.380. The molecular formula is C16H18N2O2. The molecule has 0 aromatic heterocycles. The van der Waals surface area contributed by atoms with Crippen molar-refractivity contribution in [2.24, 2.45) is 10.9 Å². The van der Waals surface area contributed by atoms with Crippen molar-refractivity contribution in [3.8, 4) is 5.75 Å². The maximum absolute atomic E-state index is 8.70. The molecule has 4 heteroatoms. The number of oxime groups is 1. The SMILES string of the molecule is Cc1ccc(/C(N)=N/O)cc1OCCc1ccccc1. The molecular weight excluding hydrogens is 252 g/mol. The molecule has 0 aliphatic heterocycles. The predicted octanol–water partition coefficient (Wildman–Crippen LogP) is 2.71. The van der Waals surface area contributed by atoms with Crippen LogP contribution in [0.4, 0.5) is 0 Å². The van der Waals surface area contributed by atoms with E-state index in [1.165, 1.54) is 5.56 Å². The molecule has 0 spiro atoms. The molecule has 20 heavy (non-hydrogen) atoms. The molecule has 4 nitrogen and oxygen atoms in total. The number of hydrogen-bond acceptors (Lipinski definition) is 3. The van der Waals surface area contributed by atoms with E-state index in [-0.39, 0.29) is 5.84 Å². The zero-order chi connectivity index (χ0) is 14.4. The van der Waals surface area contributed by atoms with Gasteiger partial charge in [-0.15, -0.1) is 0 Å². The highest BCUT2D eigenvalue weighted by Crippen LogP contribution is 2.19. The Morgan fingerprint density at radius 2 is 1.95 bits per heavy atom. The van der Waals surface area contributed by atoms with Crippen LogP contribution in [0, 0.1) is 6.92 Å². The predicted molar refractivity (Wildman–Crippen MR) is 79.3 cm³/mol. The summed E-state index contributed by atoms with van der Waals surface area (Å²) < 4.78 is 5.78. The number of ether oxygens (including phenoxy) is 1. The minimum Gasteiger partial charge on any atom is -0.493 e. The lowest BCUT2D eigenvalue weighted by Crippen LogP contribution is -2.13. The fraction of sp³-hybridized carbons (Fsp3) is 0.188. The first kappa shape index (κ1) is 13.9. The largest absolute Gasteiger partial charge is 0.493 e. The summed E-state index contributed by atoms with van der Waals surface area (Å²) >= 11 is 0. The van der Waals surface area contributed by atoms with Crippen molar-refractivity contribution in [3.63, 3.8) is 0 Å². The van der Waals surface area contributed by atoms with E-state index in [0.717, 1.165) is 17.7 Å². The van der Waals surface area contributed by atoms with Crippen LogP contribution in [0.5, 0.6) is 5.75 Å². The van der Waals surface area contributed by atoms with E-state index in [0.29, 0.717) is 12.2 Å². The second kappa shape index (κ2) is 6.61.